The van der Waals surface area contributed by atoms with E-state index in [1.54, 1.807) is 6.92 Å². The second-order valence-corrected chi connectivity index (χ2v) is 11.3. The fraction of sp³-hybridized carbons (Fsp3) is 0.517. The van der Waals surface area contributed by atoms with Crippen LogP contribution in [-0.4, -0.2) is 95.1 Å². The number of carbonyl (C=O) groups excluding carboxylic acids is 2. The topological polar surface area (TPSA) is 135 Å². The average Bonchev–Trinajstić information content (AvgIpc) is 3.00. The molecule has 10 nitrogen and oxygen atoms in total. The zero-order valence-electron chi connectivity index (χ0n) is 25.7. The van der Waals surface area contributed by atoms with Crippen LogP contribution in [-0.2, 0) is 46.2 Å². The first kappa shape index (κ1) is 42.3. The summed E-state index contributed by atoms with van der Waals surface area (Å²) in [6, 6.07) is 10.6. The summed E-state index contributed by atoms with van der Waals surface area (Å²) in [6.07, 6.45) is -9.81. The summed E-state index contributed by atoms with van der Waals surface area (Å²) in [5.74, 6) is -10.3. The molecule has 0 bridgehead atoms. The molecule has 0 radical (unpaired) electrons. The molecule has 0 amide bonds. The van der Waals surface area contributed by atoms with Gasteiger partial charge in [0.25, 0.3) is 10.1 Å². The molecule has 0 aliphatic heterocycles. The molecule has 0 aliphatic rings. The predicted molar refractivity (Wildman–Crippen MR) is 152 cm³/mol. The summed E-state index contributed by atoms with van der Waals surface area (Å²) >= 11 is 0. The van der Waals surface area contributed by atoms with Gasteiger partial charge in [0.2, 0.25) is 0 Å². The van der Waals surface area contributed by atoms with Gasteiger partial charge in [-0.15, -0.1) is 0 Å². The summed E-state index contributed by atoms with van der Waals surface area (Å²) in [5.41, 5.74) is 0.952. The largest absolute Gasteiger partial charge is 0.487 e. The van der Waals surface area contributed by atoms with Crippen LogP contribution < -0.4 is 9.47 Å². The third kappa shape index (κ3) is 15.9. The minimum atomic E-state index is -4.28. The van der Waals surface area contributed by atoms with Crippen LogP contribution >= 0.6 is 0 Å². The number of rotatable bonds is 18. The average molecular weight is 727 g/mol. The quantitative estimate of drug-likeness (QED) is 0.129. The molecule has 2 rings (SSSR count). The Morgan fingerprint density at radius 1 is 0.708 bits per heavy atom. The van der Waals surface area contributed by atoms with E-state index in [0.29, 0.717) is 11.1 Å². The van der Waals surface area contributed by atoms with E-state index >= 15 is 0 Å². The van der Waals surface area contributed by atoms with Crippen LogP contribution in [0.5, 0.6) is 11.5 Å². The van der Waals surface area contributed by atoms with E-state index in [9.17, 15) is 58.2 Å². The maximum absolute atomic E-state index is 12.8. The molecule has 2 aromatic rings. The number of esters is 2. The lowest BCUT2D eigenvalue weighted by atomic mass is 10.1. The Morgan fingerprint density at radius 2 is 1.08 bits per heavy atom. The van der Waals surface area contributed by atoms with E-state index in [-0.39, 0.29) is 37.6 Å². The Kier molecular flexibility index (Phi) is 17.0. The number of carbonyl (C=O) groups is 2. The number of hydrogen-bond donors (Lipinski definition) is 1. The molecule has 19 heteroatoms. The molecule has 1 N–H and O–H groups in total. The number of halogens is 8. The molecule has 2 aromatic carbocycles. The highest BCUT2D eigenvalue weighted by Gasteiger charge is 2.42. The van der Waals surface area contributed by atoms with Crippen LogP contribution in [0.1, 0.15) is 25.0 Å². The van der Waals surface area contributed by atoms with E-state index in [4.69, 9.17) is 4.74 Å². The van der Waals surface area contributed by atoms with E-state index in [1.165, 1.54) is 55.5 Å². The van der Waals surface area contributed by atoms with Gasteiger partial charge in [-0.25, -0.2) is 27.2 Å². The van der Waals surface area contributed by atoms with Gasteiger partial charge in [0.05, 0.1) is 19.5 Å². The third-order valence-corrected chi connectivity index (χ3v) is 6.18. The van der Waals surface area contributed by atoms with Gasteiger partial charge in [-0.05, 0) is 49.2 Å². The number of hydrogen-bond acceptors (Lipinski definition) is 10. The van der Waals surface area contributed by atoms with Crippen molar-refractivity contribution in [2.45, 2.75) is 63.6 Å². The highest BCUT2D eigenvalue weighted by molar-refractivity contribution is 7.86. The van der Waals surface area contributed by atoms with Gasteiger partial charge in [-0.3, -0.25) is 4.18 Å². The van der Waals surface area contributed by atoms with Crippen molar-refractivity contribution in [3.8, 4) is 11.5 Å². The van der Waals surface area contributed by atoms with Crippen molar-refractivity contribution in [1.29, 1.82) is 0 Å². The van der Waals surface area contributed by atoms with E-state index in [1.807, 2.05) is 0 Å². The molecule has 272 valence electrons. The molecule has 2 unspecified atom stereocenters. The Hall–Kier alpha value is -3.71. The molecule has 0 saturated carbocycles. The molecule has 0 heterocycles. The number of aliphatic hydroxyl groups excluding tert-OH is 1. The van der Waals surface area contributed by atoms with Crippen LogP contribution in [0.2, 0.25) is 0 Å². The number of alkyl halides is 8. The first-order valence-electron chi connectivity index (χ1n) is 13.9. The molecule has 48 heavy (non-hydrogen) atoms. The highest BCUT2D eigenvalue weighted by atomic mass is 32.2. The standard InChI is InChI=1S/C15H18F4O6S.C14H16F4O4/c1-3-23-13(20)12(25-26(2,21)22)8-10-4-6-11(7-5-10)24-9-15(18,19)14(16)17;1-2-21-12(20)11(19)7-9-3-5-10(6-4-9)22-8-14(17,18)13(15)16/h4-7,12,14H,3,8-9H2,1-2H3;3-6,11,13,19H,2,7-8H2,1H3. The van der Waals surface area contributed by atoms with Crippen LogP contribution in [0, 0.1) is 0 Å². The number of benzene rings is 2. The molecule has 2 atom stereocenters. The molecular formula is C29H34F8O10S. The predicted octanol–water partition coefficient (Wildman–Crippen LogP) is 4.85. The maximum atomic E-state index is 12.8. The van der Waals surface area contributed by atoms with Gasteiger partial charge < -0.3 is 24.1 Å². The van der Waals surface area contributed by atoms with Crippen LogP contribution in [0.4, 0.5) is 35.1 Å². The van der Waals surface area contributed by atoms with Crippen molar-refractivity contribution < 1.29 is 81.4 Å². The summed E-state index contributed by atoms with van der Waals surface area (Å²) in [5, 5.41) is 9.55. The Morgan fingerprint density at radius 3 is 1.44 bits per heavy atom. The Bertz CT molecular complexity index is 1380. The summed E-state index contributed by atoms with van der Waals surface area (Å²) in [6.45, 7) is 0.374. The minimum absolute atomic E-state index is 0.0188. The van der Waals surface area contributed by atoms with Crippen LogP contribution in [0.3, 0.4) is 0 Å². The van der Waals surface area contributed by atoms with Gasteiger partial charge in [-0.2, -0.15) is 26.0 Å². The molecule has 0 spiro atoms. The van der Waals surface area contributed by atoms with E-state index in [0.717, 1.165) is 6.26 Å². The van der Waals surface area contributed by atoms with Crippen molar-refractivity contribution in [3.63, 3.8) is 0 Å². The minimum Gasteiger partial charge on any atom is -0.487 e. The van der Waals surface area contributed by atoms with Crippen molar-refractivity contribution in [1.82, 2.24) is 0 Å². The first-order chi connectivity index (χ1) is 22.2. The summed E-state index contributed by atoms with van der Waals surface area (Å²) < 4.78 is 145. The normalized spacial score (nSPS) is 13.3. The smallest absolute Gasteiger partial charge is 0.340 e. The van der Waals surface area contributed by atoms with Gasteiger partial charge in [0, 0.05) is 12.8 Å². The number of aliphatic hydroxyl groups is 1. The first-order valence-corrected chi connectivity index (χ1v) is 15.7. The summed E-state index contributed by atoms with van der Waals surface area (Å²) in [4.78, 5) is 23.0. The molecule has 0 aromatic heterocycles. The second kappa shape index (κ2) is 19.3. The third-order valence-electron chi connectivity index (χ3n) is 5.60. The van der Waals surface area contributed by atoms with Crippen molar-refractivity contribution in [2.24, 2.45) is 0 Å². The van der Waals surface area contributed by atoms with Gasteiger partial charge >= 0.3 is 36.6 Å². The highest BCUT2D eigenvalue weighted by Crippen LogP contribution is 2.26. The molecule has 0 fully saturated rings. The zero-order chi connectivity index (χ0) is 36.7. The lowest BCUT2D eigenvalue weighted by Crippen LogP contribution is -2.33. The maximum Gasteiger partial charge on any atom is 0.340 e. The fourth-order valence-electron chi connectivity index (χ4n) is 3.29. The lowest BCUT2D eigenvalue weighted by Gasteiger charge is -2.17. The SMILES string of the molecule is CCOC(=O)C(Cc1ccc(OCC(F)(F)C(F)F)cc1)OS(C)(=O)=O.CCOC(=O)C(O)Cc1ccc(OCC(F)(F)C(F)F)cc1. The molecule has 0 saturated heterocycles. The van der Waals surface area contributed by atoms with Crippen molar-refractivity contribution in [2.75, 3.05) is 32.7 Å². The van der Waals surface area contributed by atoms with E-state index in [2.05, 4.69) is 18.4 Å². The van der Waals surface area contributed by atoms with Gasteiger partial charge in [0.15, 0.2) is 25.4 Å². The summed E-state index contributed by atoms with van der Waals surface area (Å²) in [7, 11) is -3.93. The zero-order valence-corrected chi connectivity index (χ0v) is 26.5. The molecule has 0 aliphatic carbocycles. The van der Waals surface area contributed by atoms with Crippen molar-refractivity contribution >= 4 is 22.1 Å². The second-order valence-electron chi connectivity index (χ2n) is 9.71. The van der Waals surface area contributed by atoms with Gasteiger partial charge in [-0.1, -0.05) is 24.3 Å². The van der Waals surface area contributed by atoms with E-state index < -0.39 is 72.2 Å². The molecular weight excluding hydrogens is 692 g/mol. The van der Waals surface area contributed by atoms with Crippen molar-refractivity contribution in [3.05, 3.63) is 59.7 Å². The Labute approximate surface area is 271 Å². The fourth-order valence-corrected chi connectivity index (χ4v) is 3.86. The van der Waals surface area contributed by atoms with Crippen LogP contribution in [0.25, 0.3) is 0 Å². The van der Waals surface area contributed by atoms with Gasteiger partial charge in [0.1, 0.15) is 11.5 Å². The lowest BCUT2D eigenvalue weighted by molar-refractivity contribution is -0.153. The monoisotopic (exact) mass is 726 g/mol. The Balaban J connectivity index is 0.000000487. The number of ether oxygens (including phenoxy) is 4. The van der Waals surface area contributed by atoms with Crippen LogP contribution in [0.15, 0.2) is 48.5 Å².